The van der Waals surface area contributed by atoms with Gasteiger partial charge in [0.1, 0.15) is 24.1 Å². The van der Waals surface area contributed by atoms with Crippen LogP contribution < -0.4 is 10.5 Å². The molecule has 2 rings (SSSR count). The van der Waals surface area contributed by atoms with E-state index in [-0.39, 0.29) is 6.61 Å². The number of nitrogen functional groups attached to an aromatic ring is 1. The highest BCUT2D eigenvalue weighted by Gasteiger charge is 2.06. The number of rotatable bonds is 3. The van der Waals surface area contributed by atoms with Crippen LogP contribution in [0.25, 0.3) is 0 Å². The van der Waals surface area contributed by atoms with Gasteiger partial charge in [0.15, 0.2) is 0 Å². The zero-order valence-corrected chi connectivity index (χ0v) is 10.00. The first-order valence-electron chi connectivity index (χ1n) is 5.51. The molecule has 2 N–H and O–H groups in total. The number of nitrogens with two attached hydrogens (primary N) is 1. The van der Waals surface area contributed by atoms with Gasteiger partial charge in [-0.25, -0.2) is 4.98 Å². The molecule has 0 radical (unpaired) electrons. The molecule has 0 bridgehead atoms. The topological polar surface area (TPSA) is 95.7 Å². The molecule has 1 aromatic heterocycles. The van der Waals surface area contributed by atoms with Crippen LogP contribution >= 0.6 is 0 Å². The highest BCUT2D eigenvalue weighted by Crippen LogP contribution is 2.23. The predicted octanol–water partition coefficient (Wildman–Crippen LogP) is 1.99. The van der Waals surface area contributed by atoms with Crippen molar-refractivity contribution < 1.29 is 4.74 Å². The monoisotopic (exact) mass is 250 g/mol. The second-order valence-corrected chi connectivity index (χ2v) is 3.78. The van der Waals surface area contributed by atoms with Gasteiger partial charge in [-0.1, -0.05) is 6.07 Å². The molecule has 2 aromatic rings. The minimum Gasteiger partial charge on any atom is -0.487 e. The largest absolute Gasteiger partial charge is 0.487 e. The second kappa shape index (κ2) is 5.52. The van der Waals surface area contributed by atoms with E-state index in [1.807, 2.05) is 12.1 Å². The minimum absolute atomic E-state index is 0.201. The van der Waals surface area contributed by atoms with Crippen LogP contribution in [0.3, 0.4) is 0 Å². The van der Waals surface area contributed by atoms with Crippen LogP contribution in [0, 0.1) is 22.7 Å². The number of pyridine rings is 1. The molecule has 0 aliphatic heterocycles. The predicted molar refractivity (Wildman–Crippen MR) is 68.9 cm³/mol. The summed E-state index contributed by atoms with van der Waals surface area (Å²) in [5.74, 6) is 0.478. The molecule has 0 spiro atoms. The van der Waals surface area contributed by atoms with Gasteiger partial charge >= 0.3 is 0 Å². The quantitative estimate of drug-likeness (QED) is 0.840. The number of nitrogens with zero attached hydrogens (tertiary/aromatic N) is 3. The number of benzene rings is 1. The van der Waals surface area contributed by atoms with Crippen LogP contribution in [0.5, 0.6) is 5.75 Å². The lowest BCUT2D eigenvalue weighted by Gasteiger charge is -2.09. The Balaban J connectivity index is 2.16. The fraction of sp³-hybridized carbons (Fsp3) is 0.0714. The van der Waals surface area contributed by atoms with E-state index in [9.17, 15) is 0 Å². The van der Waals surface area contributed by atoms with Crippen LogP contribution in [-0.4, -0.2) is 4.98 Å². The zero-order valence-electron chi connectivity index (χ0n) is 10.00. The highest BCUT2D eigenvalue weighted by molar-refractivity contribution is 5.56. The Labute approximate surface area is 110 Å². The van der Waals surface area contributed by atoms with Crippen molar-refractivity contribution >= 4 is 5.69 Å². The van der Waals surface area contributed by atoms with Crippen LogP contribution in [0.2, 0.25) is 0 Å². The van der Waals surface area contributed by atoms with Crippen molar-refractivity contribution in [3.05, 3.63) is 53.3 Å². The van der Waals surface area contributed by atoms with E-state index in [4.69, 9.17) is 21.0 Å². The molecule has 0 saturated carbocycles. The summed E-state index contributed by atoms with van der Waals surface area (Å²) < 4.78 is 5.54. The number of anilines is 1. The lowest BCUT2D eigenvalue weighted by molar-refractivity contribution is 0.307. The minimum atomic E-state index is 0.201. The average molecular weight is 250 g/mol. The Bertz CT molecular complexity index is 683. The smallest absolute Gasteiger partial charge is 0.147 e. The molecule has 1 aromatic carbocycles. The molecule has 0 amide bonds. The molecule has 0 saturated heterocycles. The summed E-state index contributed by atoms with van der Waals surface area (Å²) in [5, 5.41) is 17.6. The maximum atomic E-state index is 8.91. The summed E-state index contributed by atoms with van der Waals surface area (Å²) in [7, 11) is 0. The Morgan fingerprint density at radius 2 is 2.05 bits per heavy atom. The molecule has 5 heteroatoms. The highest BCUT2D eigenvalue weighted by atomic mass is 16.5. The molecular formula is C14H10N4O. The van der Waals surface area contributed by atoms with Gasteiger partial charge in [0.05, 0.1) is 17.3 Å². The summed E-state index contributed by atoms with van der Waals surface area (Å²) >= 11 is 0. The van der Waals surface area contributed by atoms with Gasteiger partial charge < -0.3 is 10.5 Å². The van der Waals surface area contributed by atoms with E-state index >= 15 is 0 Å². The van der Waals surface area contributed by atoms with Gasteiger partial charge in [0.2, 0.25) is 0 Å². The number of nitriles is 2. The maximum absolute atomic E-state index is 8.91. The molecule has 92 valence electrons. The van der Waals surface area contributed by atoms with E-state index in [2.05, 4.69) is 4.98 Å². The summed E-state index contributed by atoms with van der Waals surface area (Å²) in [6.45, 7) is 0.201. The lowest BCUT2D eigenvalue weighted by Crippen LogP contribution is -2.02. The fourth-order valence-electron chi connectivity index (χ4n) is 1.56. The van der Waals surface area contributed by atoms with Crippen LogP contribution in [0.4, 0.5) is 5.69 Å². The van der Waals surface area contributed by atoms with Crippen LogP contribution in [0.15, 0.2) is 36.5 Å². The van der Waals surface area contributed by atoms with E-state index in [0.29, 0.717) is 28.3 Å². The summed E-state index contributed by atoms with van der Waals surface area (Å²) in [4.78, 5) is 3.94. The second-order valence-electron chi connectivity index (χ2n) is 3.78. The van der Waals surface area contributed by atoms with Crippen molar-refractivity contribution in [2.45, 2.75) is 6.61 Å². The molecule has 0 unspecified atom stereocenters. The first-order chi connectivity index (χ1) is 9.24. The van der Waals surface area contributed by atoms with Crippen LogP contribution in [0.1, 0.15) is 16.8 Å². The van der Waals surface area contributed by atoms with Gasteiger partial charge in [-0.05, 0) is 24.3 Å². The molecule has 0 atom stereocenters. The lowest BCUT2D eigenvalue weighted by atomic mass is 10.2. The van der Waals surface area contributed by atoms with Gasteiger partial charge in [0, 0.05) is 11.8 Å². The number of hydrogen-bond acceptors (Lipinski definition) is 5. The third-order valence-electron chi connectivity index (χ3n) is 2.52. The van der Waals surface area contributed by atoms with Crippen LogP contribution in [-0.2, 0) is 6.61 Å². The van der Waals surface area contributed by atoms with Crippen molar-refractivity contribution in [2.75, 3.05) is 5.73 Å². The molecule has 0 aliphatic carbocycles. The van der Waals surface area contributed by atoms with Crippen molar-refractivity contribution in [3.8, 4) is 17.9 Å². The summed E-state index contributed by atoms with van der Waals surface area (Å²) in [6.07, 6.45) is 1.55. The van der Waals surface area contributed by atoms with Crippen molar-refractivity contribution in [2.24, 2.45) is 0 Å². The van der Waals surface area contributed by atoms with E-state index in [1.54, 1.807) is 36.5 Å². The molecule has 5 nitrogen and oxygen atoms in total. The molecule has 0 aliphatic rings. The summed E-state index contributed by atoms with van der Waals surface area (Å²) in [5.41, 5.74) is 7.66. The molecule has 1 heterocycles. The van der Waals surface area contributed by atoms with Crippen molar-refractivity contribution in [3.63, 3.8) is 0 Å². The zero-order chi connectivity index (χ0) is 13.7. The Hall–Kier alpha value is -3.05. The normalized spacial score (nSPS) is 9.37. The van der Waals surface area contributed by atoms with Gasteiger partial charge in [0.25, 0.3) is 0 Å². The van der Waals surface area contributed by atoms with E-state index in [0.717, 1.165) is 0 Å². The van der Waals surface area contributed by atoms with E-state index in [1.165, 1.54) is 0 Å². The first-order valence-corrected chi connectivity index (χ1v) is 5.51. The van der Waals surface area contributed by atoms with Gasteiger partial charge in [-0.2, -0.15) is 10.5 Å². The number of hydrogen-bond donors (Lipinski definition) is 1. The van der Waals surface area contributed by atoms with Gasteiger partial charge in [-0.15, -0.1) is 0 Å². The summed E-state index contributed by atoms with van der Waals surface area (Å²) in [6, 6.07) is 12.3. The third kappa shape index (κ3) is 2.80. The standard InChI is InChI=1S/C14H10N4O/c15-7-10-3-4-14(12(17)6-10)19-9-11-2-1-5-18-13(11)8-16/h1-6H,9,17H2. The Morgan fingerprint density at radius 1 is 1.21 bits per heavy atom. The molecular weight excluding hydrogens is 240 g/mol. The average Bonchev–Trinajstić information content (AvgIpc) is 2.46. The Morgan fingerprint density at radius 3 is 2.74 bits per heavy atom. The maximum Gasteiger partial charge on any atom is 0.147 e. The Kier molecular flexibility index (Phi) is 3.61. The van der Waals surface area contributed by atoms with Crippen molar-refractivity contribution in [1.82, 2.24) is 4.98 Å². The molecule has 0 fully saturated rings. The van der Waals surface area contributed by atoms with Crippen molar-refractivity contribution in [1.29, 1.82) is 10.5 Å². The first kappa shape index (κ1) is 12.4. The number of ether oxygens (including phenoxy) is 1. The van der Waals surface area contributed by atoms with Gasteiger partial charge in [-0.3, -0.25) is 0 Å². The van der Waals surface area contributed by atoms with E-state index < -0.39 is 0 Å². The number of aromatic nitrogens is 1. The SMILES string of the molecule is N#Cc1ccc(OCc2cccnc2C#N)c(N)c1. The third-order valence-corrected chi connectivity index (χ3v) is 2.52. The molecule has 19 heavy (non-hydrogen) atoms. The fourth-order valence-corrected chi connectivity index (χ4v) is 1.56.